The van der Waals surface area contributed by atoms with Crippen molar-refractivity contribution in [1.29, 1.82) is 0 Å². The van der Waals surface area contributed by atoms with Crippen molar-refractivity contribution in [3.05, 3.63) is 36.2 Å². The highest BCUT2D eigenvalue weighted by Gasteiger charge is 2.23. The number of amides is 1. The molecule has 0 fully saturated rings. The Morgan fingerprint density at radius 1 is 1.29 bits per heavy atom. The fourth-order valence-electron chi connectivity index (χ4n) is 1.91. The zero-order valence-electron chi connectivity index (χ0n) is 12.2. The first-order chi connectivity index (χ1) is 10.1. The van der Waals surface area contributed by atoms with E-state index < -0.39 is 5.60 Å². The number of aliphatic hydroxyl groups is 1. The first kappa shape index (κ1) is 15.2. The predicted molar refractivity (Wildman–Crippen MR) is 77.6 cm³/mol. The lowest BCUT2D eigenvalue weighted by atomic mass is 9.97. The average molecular weight is 289 g/mol. The molecule has 0 aliphatic rings. The van der Waals surface area contributed by atoms with Crippen molar-refractivity contribution in [2.45, 2.75) is 32.3 Å². The Morgan fingerprint density at radius 2 is 1.95 bits per heavy atom. The fourth-order valence-corrected chi connectivity index (χ4v) is 1.91. The highest BCUT2D eigenvalue weighted by molar-refractivity contribution is 5.94. The Kier molecular flexibility index (Phi) is 4.70. The van der Waals surface area contributed by atoms with Gasteiger partial charge in [0, 0.05) is 17.7 Å². The quantitative estimate of drug-likeness (QED) is 0.849. The summed E-state index contributed by atoms with van der Waals surface area (Å²) in [5.74, 6) is 0.195. The van der Waals surface area contributed by atoms with Crippen molar-refractivity contribution in [2.75, 3.05) is 6.54 Å². The minimum atomic E-state index is -0.848. The van der Waals surface area contributed by atoms with Crippen LogP contribution in [-0.4, -0.2) is 33.4 Å². The number of hydrogen-bond donors (Lipinski definition) is 2. The van der Waals surface area contributed by atoms with Gasteiger partial charge >= 0.3 is 0 Å². The average Bonchev–Trinajstić information content (AvgIpc) is 3.07. The van der Waals surface area contributed by atoms with E-state index in [1.54, 1.807) is 24.3 Å². The lowest BCUT2D eigenvalue weighted by Crippen LogP contribution is -2.42. The molecular weight excluding hydrogens is 270 g/mol. The van der Waals surface area contributed by atoms with Gasteiger partial charge in [-0.1, -0.05) is 13.8 Å². The molecule has 0 saturated heterocycles. The maximum Gasteiger partial charge on any atom is 0.251 e. The third kappa shape index (κ3) is 3.66. The molecule has 0 aliphatic carbocycles. The summed E-state index contributed by atoms with van der Waals surface area (Å²) < 4.78 is 5.09. The van der Waals surface area contributed by atoms with Crippen LogP contribution >= 0.6 is 0 Å². The molecular formula is C15H19N3O3. The first-order valence-electron chi connectivity index (χ1n) is 6.95. The molecule has 1 amide bonds. The maximum absolute atomic E-state index is 12.0. The Hall–Kier alpha value is -2.21. The molecule has 21 heavy (non-hydrogen) atoms. The van der Waals surface area contributed by atoms with Crippen molar-refractivity contribution >= 4 is 5.91 Å². The van der Waals surface area contributed by atoms with Crippen molar-refractivity contribution in [3.8, 4) is 11.5 Å². The normalized spacial score (nSPS) is 11.4. The Morgan fingerprint density at radius 3 is 2.48 bits per heavy atom. The summed E-state index contributed by atoms with van der Waals surface area (Å²) in [6, 6.07) is 6.86. The zero-order valence-corrected chi connectivity index (χ0v) is 12.2. The predicted octanol–water partition coefficient (Wildman–Crippen LogP) is 2.02. The number of carbonyl (C=O) groups excluding carboxylic acids is 1. The molecule has 0 bridgehead atoms. The molecule has 2 aromatic rings. The summed E-state index contributed by atoms with van der Waals surface area (Å²) in [4.78, 5) is 12.0. The largest absolute Gasteiger partial charge is 0.423 e. The van der Waals surface area contributed by atoms with Crippen molar-refractivity contribution < 1.29 is 14.3 Å². The van der Waals surface area contributed by atoms with Crippen LogP contribution in [0.25, 0.3) is 11.5 Å². The van der Waals surface area contributed by atoms with E-state index in [1.807, 2.05) is 13.8 Å². The molecule has 1 aromatic carbocycles. The molecule has 0 saturated carbocycles. The van der Waals surface area contributed by atoms with Crippen LogP contribution in [0.15, 0.2) is 35.1 Å². The van der Waals surface area contributed by atoms with Crippen molar-refractivity contribution in [1.82, 2.24) is 15.5 Å². The maximum atomic E-state index is 12.0. The van der Waals surface area contributed by atoms with Crippen molar-refractivity contribution in [2.24, 2.45) is 0 Å². The minimum absolute atomic E-state index is 0.215. The van der Waals surface area contributed by atoms with Gasteiger partial charge in [0.1, 0.15) is 0 Å². The van der Waals surface area contributed by atoms with Crippen LogP contribution in [0.3, 0.4) is 0 Å². The molecule has 0 unspecified atom stereocenters. The van der Waals surface area contributed by atoms with E-state index in [2.05, 4.69) is 15.5 Å². The summed E-state index contributed by atoms with van der Waals surface area (Å²) >= 11 is 0. The second-order valence-corrected chi connectivity index (χ2v) is 4.94. The summed E-state index contributed by atoms with van der Waals surface area (Å²) in [6.45, 7) is 4.04. The van der Waals surface area contributed by atoms with Gasteiger partial charge in [-0.3, -0.25) is 4.79 Å². The van der Waals surface area contributed by atoms with E-state index in [0.717, 1.165) is 5.56 Å². The number of aromatic nitrogens is 2. The van der Waals surface area contributed by atoms with Crippen LogP contribution in [0.4, 0.5) is 0 Å². The summed E-state index contributed by atoms with van der Waals surface area (Å²) in [7, 11) is 0. The van der Waals surface area contributed by atoms with Crippen molar-refractivity contribution in [3.63, 3.8) is 0 Å². The third-order valence-corrected chi connectivity index (χ3v) is 3.65. The second-order valence-electron chi connectivity index (χ2n) is 4.94. The van der Waals surface area contributed by atoms with E-state index in [0.29, 0.717) is 24.3 Å². The van der Waals surface area contributed by atoms with Gasteiger partial charge in [0.05, 0.1) is 5.60 Å². The second kappa shape index (κ2) is 6.49. The van der Waals surface area contributed by atoms with Crippen LogP contribution in [0.1, 0.15) is 37.0 Å². The Bertz CT molecular complexity index is 575. The standard InChI is InChI=1S/C15H19N3O3/c1-3-15(20,4-2)9-16-13(19)11-5-7-12(8-6-11)14-18-17-10-21-14/h5-8,10,20H,3-4,9H2,1-2H3,(H,16,19). The number of hydrogen-bond acceptors (Lipinski definition) is 5. The molecule has 0 aliphatic heterocycles. The van der Waals surface area contributed by atoms with Gasteiger partial charge < -0.3 is 14.8 Å². The lowest BCUT2D eigenvalue weighted by molar-refractivity contribution is 0.0314. The van der Waals surface area contributed by atoms with Crippen LogP contribution < -0.4 is 5.32 Å². The van der Waals surface area contributed by atoms with Crippen LogP contribution in [0.2, 0.25) is 0 Å². The summed E-state index contributed by atoms with van der Waals surface area (Å²) in [5, 5.41) is 20.3. The van der Waals surface area contributed by atoms with E-state index >= 15 is 0 Å². The third-order valence-electron chi connectivity index (χ3n) is 3.65. The van der Waals surface area contributed by atoms with Gasteiger partial charge in [-0.25, -0.2) is 0 Å². The zero-order chi connectivity index (χ0) is 15.3. The van der Waals surface area contributed by atoms with Gasteiger partial charge in [0.25, 0.3) is 5.91 Å². The lowest BCUT2D eigenvalue weighted by Gasteiger charge is -2.25. The molecule has 0 atom stereocenters. The molecule has 2 rings (SSSR count). The number of nitrogens with zero attached hydrogens (tertiary/aromatic N) is 2. The SMILES string of the molecule is CCC(O)(CC)CNC(=O)c1ccc(-c2nnco2)cc1. The minimum Gasteiger partial charge on any atom is -0.423 e. The molecule has 6 heteroatoms. The molecule has 6 nitrogen and oxygen atoms in total. The van der Waals surface area contributed by atoms with Crippen LogP contribution in [-0.2, 0) is 0 Å². The smallest absolute Gasteiger partial charge is 0.251 e. The topological polar surface area (TPSA) is 88.2 Å². The monoisotopic (exact) mass is 289 g/mol. The Labute approximate surface area is 123 Å². The highest BCUT2D eigenvalue weighted by Crippen LogP contribution is 2.17. The van der Waals surface area contributed by atoms with E-state index in [4.69, 9.17) is 4.42 Å². The van der Waals surface area contributed by atoms with Gasteiger partial charge in [0.2, 0.25) is 12.3 Å². The first-order valence-corrected chi connectivity index (χ1v) is 6.95. The van der Waals surface area contributed by atoms with Crippen LogP contribution in [0, 0.1) is 0 Å². The van der Waals surface area contributed by atoms with Gasteiger partial charge in [0.15, 0.2) is 0 Å². The molecule has 0 spiro atoms. The van der Waals surface area contributed by atoms with Crippen LogP contribution in [0.5, 0.6) is 0 Å². The van der Waals surface area contributed by atoms with Gasteiger partial charge in [-0.15, -0.1) is 10.2 Å². The van der Waals surface area contributed by atoms with Gasteiger partial charge in [-0.2, -0.15) is 0 Å². The van der Waals surface area contributed by atoms with E-state index in [1.165, 1.54) is 6.39 Å². The number of rotatable bonds is 6. The van der Waals surface area contributed by atoms with E-state index in [9.17, 15) is 9.90 Å². The number of benzene rings is 1. The highest BCUT2D eigenvalue weighted by atomic mass is 16.4. The fraction of sp³-hybridized carbons (Fsp3) is 0.400. The van der Waals surface area contributed by atoms with E-state index in [-0.39, 0.29) is 12.5 Å². The number of carbonyl (C=O) groups is 1. The molecule has 1 aromatic heterocycles. The summed E-state index contributed by atoms with van der Waals surface area (Å²) in [6.07, 6.45) is 2.45. The van der Waals surface area contributed by atoms with Gasteiger partial charge in [-0.05, 0) is 37.1 Å². The molecule has 112 valence electrons. The molecule has 2 N–H and O–H groups in total. The number of nitrogens with one attached hydrogen (secondary N) is 1. The molecule has 1 heterocycles. The Balaban J connectivity index is 2.00. The molecule has 0 radical (unpaired) electrons. The summed E-state index contributed by atoms with van der Waals surface area (Å²) in [5.41, 5.74) is 0.426.